The van der Waals surface area contributed by atoms with Gasteiger partial charge in [-0.15, -0.1) is 10.2 Å². The molecule has 0 amide bonds. The summed E-state index contributed by atoms with van der Waals surface area (Å²) in [5.74, 6) is 0.919. The molecule has 3 rings (SSSR count). The van der Waals surface area contributed by atoms with E-state index in [9.17, 15) is 0 Å². The first kappa shape index (κ1) is 15.0. The Morgan fingerprint density at radius 2 is 1.59 bits per heavy atom. The number of benzene rings is 2. The van der Waals surface area contributed by atoms with E-state index in [2.05, 4.69) is 15.5 Å². The van der Waals surface area contributed by atoms with Gasteiger partial charge in [-0.05, 0) is 23.8 Å². The van der Waals surface area contributed by atoms with Crippen LogP contribution in [-0.2, 0) is 13.1 Å². The summed E-state index contributed by atoms with van der Waals surface area (Å²) in [6, 6.07) is 15.0. The van der Waals surface area contributed by atoms with Crippen molar-refractivity contribution >= 4 is 23.2 Å². The summed E-state index contributed by atoms with van der Waals surface area (Å²) in [7, 11) is 0. The van der Waals surface area contributed by atoms with Gasteiger partial charge in [0.1, 0.15) is 0 Å². The molecule has 0 bridgehead atoms. The molecule has 0 unspecified atom stereocenters. The Kier molecular flexibility index (Phi) is 4.73. The summed E-state index contributed by atoms with van der Waals surface area (Å²) in [4.78, 5) is 0. The lowest BCUT2D eigenvalue weighted by molar-refractivity contribution is 0.477. The minimum Gasteiger partial charge on any atom is -0.419 e. The second-order valence-corrected chi connectivity index (χ2v) is 5.49. The van der Waals surface area contributed by atoms with Crippen molar-refractivity contribution in [2.24, 2.45) is 0 Å². The number of nitrogens with zero attached hydrogens (tertiary/aromatic N) is 2. The van der Waals surface area contributed by atoms with Crippen LogP contribution in [0.2, 0.25) is 10.0 Å². The second kappa shape index (κ2) is 6.92. The van der Waals surface area contributed by atoms with E-state index in [0.717, 1.165) is 16.1 Å². The van der Waals surface area contributed by atoms with Gasteiger partial charge < -0.3 is 9.73 Å². The van der Waals surface area contributed by atoms with Crippen molar-refractivity contribution < 1.29 is 4.42 Å². The zero-order valence-electron chi connectivity index (χ0n) is 11.6. The molecule has 22 heavy (non-hydrogen) atoms. The third-order valence-electron chi connectivity index (χ3n) is 3.12. The maximum Gasteiger partial charge on any atom is 0.249 e. The Hall–Kier alpha value is -1.88. The SMILES string of the molecule is Clc1ccccc1CNCc1nnc(-c2ccccc2Cl)o1. The van der Waals surface area contributed by atoms with Gasteiger partial charge in [-0.1, -0.05) is 53.5 Å². The first-order chi connectivity index (χ1) is 10.7. The van der Waals surface area contributed by atoms with Gasteiger partial charge in [-0.2, -0.15) is 0 Å². The zero-order valence-corrected chi connectivity index (χ0v) is 13.1. The molecule has 4 nitrogen and oxygen atoms in total. The molecule has 2 aromatic carbocycles. The van der Waals surface area contributed by atoms with Crippen LogP contribution in [0, 0.1) is 0 Å². The van der Waals surface area contributed by atoms with E-state index in [4.69, 9.17) is 27.6 Å². The van der Waals surface area contributed by atoms with E-state index in [1.807, 2.05) is 42.5 Å². The Labute approximate surface area is 138 Å². The number of halogens is 2. The van der Waals surface area contributed by atoms with E-state index < -0.39 is 0 Å². The van der Waals surface area contributed by atoms with Gasteiger partial charge in [0, 0.05) is 11.6 Å². The Morgan fingerprint density at radius 1 is 0.864 bits per heavy atom. The molecule has 112 valence electrons. The Balaban J connectivity index is 1.63. The molecule has 0 radical (unpaired) electrons. The standard InChI is InChI=1S/C16H13Cl2N3O/c17-13-7-3-1-5-11(13)9-19-10-15-20-21-16(22-15)12-6-2-4-8-14(12)18/h1-8,19H,9-10H2. The maximum atomic E-state index is 6.11. The van der Waals surface area contributed by atoms with E-state index in [0.29, 0.717) is 29.9 Å². The molecule has 1 heterocycles. The van der Waals surface area contributed by atoms with Crippen LogP contribution < -0.4 is 5.32 Å². The molecule has 0 aliphatic carbocycles. The van der Waals surface area contributed by atoms with Crippen molar-refractivity contribution in [1.82, 2.24) is 15.5 Å². The highest BCUT2D eigenvalue weighted by atomic mass is 35.5. The van der Waals surface area contributed by atoms with Crippen LogP contribution in [0.15, 0.2) is 52.9 Å². The van der Waals surface area contributed by atoms with E-state index in [1.165, 1.54) is 0 Å². The van der Waals surface area contributed by atoms with Crippen LogP contribution >= 0.6 is 23.2 Å². The molecule has 1 N–H and O–H groups in total. The fraction of sp³-hybridized carbons (Fsp3) is 0.125. The molecule has 0 atom stereocenters. The highest BCUT2D eigenvalue weighted by Gasteiger charge is 2.11. The molecule has 0 aliphatic heterocycles. The summed E-state index contributed by atoms with van der Waals surface area (Å²) < 4.78 is 5.62. The molecule has 0 fully saturated rings. The fourth-order valence-electron chi connectivity index (χ4n) is 2.01. The molecule has 0 aliphatic rings. The predicted molar refractivity (Wildman–Crippen MR) is 86.7 cm³/mol. The third kappa shape index (κ3) is 3.47. The summed E-state index contributed by atoms with van der Waals surface area (Å²) in [5.41, 5.74) is 1.75. The van der Waals surface area contributed by atoms with Gasteiger partial charge in [-0.3, -0.25) is 0 Å². The highest BCUT2D eigenvalue weighted by molar-refractivity contribution is 6.33. The first-order valence-electron chi connectivity index (χ1n) is 6.75. The van der Waals surface area contributed by atoms with Crippen molar-refractivity contribution in [2.45, 2.75) is 13.1 Å². The van der Waals surface area contributed by atoms with E-state index in [-0.39, 0.29) is 0 Å². The van der Waals surface area contributed by atoms with Crippen LogP contribution in [-0.4, -0.2) is 10.2 Å². The normalized spacial score (nSPS) is 10.8. The lowest BCUT2D eigenvalue weighted by Crippen LogP contribution is -2.13. The van der Waals surface area contributed by atoms with Gasteiger partial charge in [0.15, 0.2) is 0 Å². The lowest BCUT2D eigenvalue weighted by atomic mass is 10.2. The van der Waals surface area contributed by atoms with Crippen LogP contribution in [0.5, 0.6) is 0 Å². The maximum absolute atomic E-state index is 6.11. The second-order valence-electron chi connectivity index (χ2n) is 4.68. The monoisotopic (exact) mass is 333 g/mol. The zero-order chi connectivity index (χ0) is 15.4. The largest absolute Gasteiger partial charge is 0.419 e. The van der Waals surface area contributed by atoms with Crippen molar-refractivity contribution in [3.05, 3.63) is 70.0 Å². The molecule has 6 heteroatoms. The van der Waals surface area contributed by atoms with Crippen LogP contribution in [0.1, 0.15) is 11.5 Å². The number of nitrogens with one attached hydrogen (secondary N) is 1. The van der Waals surface area contributed by atoms with Gasteiger partial charge in [0.25, 0.3) is 0 Å². The number of aromatic nitrogens is 2. The van der Waals surface area contributed by atoms with Gasteiger partial charge in [0.05, 0.1) is 17.1 Å². The van der Waals surface area contributed by atoms with Crippen molar-refractivity contribution in [1.29, 1.82) is 0 Å². The lowest BCUT2D eigenvalue weighted by Gasteiger charge is -2.04. The van der Waals surface area contributed by atoms with Crippen LogP contribution in [0.25, 0.3) is 11.5 Å². The highest BCUT2D eigenvalue weighted by Crippen LogP contribution is 2.26. The minimum atomic E-state index is 0.417. The topological polar surface area (TPSA) is 51.0 Å². The van der Waals surface area contributed by atoms with Crippen LogP contribution in [0.4, 0.5) is 0 Å². The van der Waals surface area contributed by atoms with E-state index >= 15 is 0 Å². The smallest absolute Gasteiger partial charge is 0.249 e. The predicted octanol–water partition coefficient (Wildman–Crippen LogP) is 4.33. The van der Waals surface area contributed by atoms with Crippen molar-refractivity contribution in [3.8, 4) is 11.5 Å². The van der Waals surface area contributed by atoms with Crippen molar-refractivity contribution in [3.63, 3.8) is 0 Å². The van der Waals surface area contributed by atoms with Gasteiger partial charge >= 0.3 is 0 Å². The summed E-state index contributed by atoms with van der Waals surface area (Å²) in [6.07, 6.45) is 0. The number of rotatable bonds is 5. The first-order valence-corrected chi connectivity index (χ1v) is 7.51. The Bertz CT molecular complexity index is 773. The van der Waals surface area contributed by atoms with Gasteiger partial charge in [-0.25, -0.2) is 0 Å². The number of hydrogen-bond acceptors (Lipinski definition) is 4. The summed E-state index contributed by atoms with van der Waals surface area (Å²) in [5, 5.41) is 12.6. The molecule has 1 aromatic heterocycles. The summed E-state index contributed by atoms with van der Waals surface area (Å²) >= 11 is 12.2. The Morgan fingerprint density at radius 3 is 2.36 bits per heavy atom. The van der Waals surface area contributed by atoms with E-state index in [1.54, 1.807) is 6.07 Å². The molecule has 0 spiro atoms. The van der Waals surface area contributed by atoms with Crippen LogP contribution in [0.3, 0.4) is 0 Å². The molecule has 3 aromatic rings. The minimum absolute atomic E-state index is 0.417. The third-order valence-corrected chi connectivity index (χ3v) is 3.82. The quantitative estimate of drug-likeness (QED) is 0.754. The average Bonchev–Trinajstić information content (AvgIpc) is 2.98. The molecule has 0 saturated carbocycles. The average molecular weight is 334 g/mol. The molecular weight excluding hydrogens is 321 g/mol. The number of hydrogen-bond donors (Lipinski definition) is 1. The fourth-order valence-corrected chi connectivity index (χ4v) is 2.43. The van der Waals surface area contributed by atoms with Gasteiger partial charge in [0.2, 0.25) is 11.8 Å². The summed E-state index contributed by atoms with van der Waals surface area (Å²) in [6.45, 7) is 1.09. The molecular formula is C16H13Cl2N3O. The molecule has 0 saturated heterocycles. The van der Waals surface area contributed by atoms with Crippen molar-refractivity contribution in [2.75, 3.05) is 0 Å².